The Kier molecular flexibility index (Phi) is 5.12. The van der Waals surface area contributed by atoms with Gasteiger partial charge in [-0.1, -0.05) is 11.8 Å². The lowest BCUT2D eigenvalue weighted by Gasteiger charge is -2.26. The van der Waals surface area contributed by atoms with Gasteiger partial charge in [0.25, 0.3) is 0 Å². The molecule has 8 heteroatoms. The van der Waals surface area contributed by atoms with Gasteiger partial charge in [0.05, 0.1) is 5.75 Å². The quantitative estimate of drug-likeness (QED) is 0.499. The van der Waals surface area contributed by atoms with Crippen molar-refractivity contribution in [1.29, 1.82) is 0 Å². The van der Waals surface area contributed by atoms with Crippen molar-refractivity contribution in [2.75, 3.05) is 18.8 Å². The minimum absolute atomic E-state index is 0.157. The molecule has 2 aromatic heterocycles. The summed E-state index contributed by atoms with van der Waals surface area (Å²) in [6, 6.07) is 6.21. The Hall–Kier alpha value is -2.06. The molecule has 134 valence electrons. The standard InChI is InChI=1S/C18H17FN4OS2/c19-13-6-4-12(5-7-13)15-16-17(26-22-15)18(21-11-20-16)25-10-14(24)23-8-2-1-3-9-23/h4-7,11H,1-3,8-10H2. The first-order valence-electron chi connectivity index (χ1n) is 8.49. The van der Waals surface area contributed by atoms with Gasteiger partial charge in [0, 0.05) is 18.7 Å². The van der Waals surface area contributed by atoms with Crippen molar-refractivity contribution < 1.29 is 9.18 Å². The molecule has 0 N–H and O–H groups in total. The molecule has 0 saturated carbocycles. The van der Waals surface area contributed by atoms with Gasteiger partial charge in [0.1, 0.15) is 33.1 Å². The number of piperidine rings is 1. The summed E-state index contributed by atoms with van der Waals surface area (Å²) in [5.41, 5.74) is 2.28. The van der Waals surface area contributed by atoms with E-state index in [0.717, 1.165) is 52.4 Å². The van der Waals surface area contributed by atoms with Crippen molar-refractivity contribution in [3.05, 3.63) is 36.4 Å². The number of thioether (sulfide) groups is 1. The molecule has 1 amide bonds. The minimum Gasteiger partial charge on any atom is -0.342 e. The van der Waals surface area contributed by atoms with E-state index in [0.29, 0.717) is 5.75 Å². The number of likely N-dealkylation sites (tertiary alicyclic amines) is 1. The van der Waals surface area contributed by atoms with Crippen LogP contribution in [0.1, 0.15) is 19.3 Å². The average molecular weight is 388 g/mol. The van der Waals surface area contributed by atoms with E-state index in [-0.39, 0.29) is 11.7 Å². The summed E-state index contributed by atoms with van der Waals surface area (Å²) in [5, 5.41) is 0.770. The molecule has 5 nitrogen and oxygen atoms in total. The number of carbonyl (C=O) groups excluding carboxylic acids is 1. The summed E-state index contributed by atoms with van der Waals surface area (Å²) in [7, 11) is 0. The monoisotopic (exact) mass is 388 g/mol. The zero-order valence-electron chi connectivity index (χ0n) is 14.0. The Morgan fingerprint density at radius 1 is 1.15 bits per heavy atom. The second kappa shape index (κ2) is 7.67. The van der Waals surface area contributed by atoms with Crippen LogP contribution in [0, 0.1) is 5.82 Å². The van der Waals surface area contributed by atoms with Crippen LogP contribution < -0.4 is 0 Å². The van der Waals surface area contributed by atoms with Crippen molar-refractivity contribution in [2.24, 2.45) is 0 Å². The van der Waals surface area contributed by atoms with E-state index in [1.807, 2.05) is 4.90 Å². The summed E-state index contributed by atoms with van der Waals surface area (Å²) in [4.78, 5) is 23.0. The highest BCUT2D eigenvalue weighted by Gasteiger charge is 2.19. The molecule has 0 aliphatic carbocycles. The molecule has 0 unspecified atom stereocenters. The lowest BCUT2D eigenvalue weighted by molar-refractivity contribution is -0.129. The molecule has 0 spiro atoms. The van der Waals surface area contributed by atoms with Crippen LogP contribution in [-0.2, 0) is 4.79 Å². The molecule has 0 atom stereocenters. The predicted molar refractivity (Wildman–Crippen MR) is 102 cm³/mol. The number of carbonyl (C=O) groups is 1. The van der Waals surface area contributed by atoms with E-state index in [4.69, 9.17) is 0 Å². The van der Waals surface area contributed by atoms with E-state index < -0.39 is 0 Å². The third-order valence-corrected chi connectivity index (χ3v) is 6.33. The average Bonchev–Trinajstić information content (AvgIpc) is 3.12. The molecule has 0 radical (unpaired) electrons. The third-order valence-electron chi connectivity index (χ3n) is 4.38. The number of halogens is 1. The van der Waals surface area contributed by atoms with Gasteiger partial charge in [0.2, 0.25) is 5.91 Å². The van der Waals surface area contributed by atoms with Crippen LogP contribution in [0.15, 0.2) is 35.6 Å². The van der Waals surface area contributed by atoms with Crippen molar-refractivity contribution in [1.82, 2.24) is 19.2 Å². The van der Waals surface area contributed by atoms with Gasteiger partial charge < -0.3 is 4.90 Å². The smallest absolute Gasteiger partial charge is 0.232 e. The van der Waals surface area contributed by atoms with Crippen LogP contribution in [0.3, 0.4) is 0 Å². The summed E-state index contributed by atoms with van der Waals surface area (Å²) >= 11 is 2.74. The van der Waals surface area contributed by atoms with Crippen LogP contribution in [0.4, 0.5) is 4.39 Å². The Labute approximate surface area is 158 Å². The fourth-order valence-corrected chi connectivity index (χ4v) is 4.83. The molecule has 3 heterocycles. The second-order valence-corrected chi connectivity index (χ2v) is 7.86. The molecule has 1 fully saturated rings. The first-order valence-corrected chi connectivity index (χ1v) is 10.2. The largest absolute Gasteiger partial charge is 0.342 e. The lowest BCUT2D eigenvalue weighted by Crippen LogP contribution is -2.36. The maximum absolute atomic E-state index is 13.2. The number of hydrogen-bond donors (Lipinski definition) is 0. The Morgan fingerprint density at radius 2 is 1.92 bits per heavy atom. The van der Waals surface area contributed by atoms with E-state index in [1.165, 1.54) is 48.2 Å². The fraction of sp³-hybridized carbons (Fsp3) is 0.333. The van der Waals surface area contributed by atoms with Crippen molar-refractivity contribution in [3.63, 3.8) is 0 Å². The molecular weight excluding hydrogens is 371 g/mol. The number of nitrogens with zero attached hydrogens (tertiary/aromatic N) is 4. The van der Waals surface area contributed by atoms with Gasteiger partial charge in [-0.15, -0.1) is 0 Å². The van der Waals surface area contributed by atoms with Crippen LogP contribution in [0.25, 0.3) is 21.5 Å². The minimum atomic E-state index is -0.282. The van der Waals surface area contributed by atoms with Crippen LogP contribution >= 0.6 is 23.3 Å². The summed E-state index contributed by atoms with van der Waals surface area (Å²) in [5.74, 6) is 0.246. The lowest BCUT2D eigenvalue weighted by atomic mass is 10.1. The van der Waals surface area contributed by atoms with Crippen LogP contribution in [0.2, 0.25) is 0 Å². The number of aromatic nitrogens is 3. The molecule has 1 aromatic carbocycles. The maximum Gasteiger partial charge on any atom is 0.232 e. The Morgan fingerprint density at radius 3 is 2.69 bits per heavy atom. The van der Waals surface area contributed by atoms with Gasteiger partial charge in [-0.3, -0.25) is 4.79 Å². The normalized spacial score (nSPS) is 14.7. The molecule has 1 aliphatic rings. The third kappa shape index (κ3) is 3.57. The number of amides is 1. The zero-order chi connectivity index (χ0) is 17.9. The topological polar surface area (TPSA) is 59.0 Å². The first-order chi connectivity index (χ1) is 12.7. The molecular formula is C18H17FN4OS2. The molecule has 4 rings (SSSR count). The number of rotatable bonds is 4. The maximum atomic E-state index is 13.2. The van der Waals surface area contributed by atoms with E-state index in [2.05, 4.69) is 14.3 Å². The van der Waals surface area contributed by atoms with Crippen LogP contribution in [-0.4, -0.2) is 44.0 Å². The zero-order valence-corrected chi connectivity index (χ0v) is 15.7. The Bertz CT molecular complexity index is 923. The molecule has 3 aromatic rings. The molecule has 1 aliphatic heterocycles. The van der Waals surface area contributed by atoms with E-state index in [1.54, 1.807) is 12.1 Å². The SMILES string of the molecule is O=C(CSc1ncnc2c(-c3ccc(F)cc3)nsc12)N1CCCCC1. The number of hydrogen-bond acceptors (Lipinski definition) is 6. The van der Waals surface area contributed by atoms with Crippen LogP contribution in [0.5, 0.6) is 0 Å². The molecule has 0 bridgehead atoms. The predicted octanol–water partition coefficient (Wildman–Crippen LogP) is 4.00. The number of benzene rings is 1. The Balaban J connectivity index is 1.55. The van der Waals surface area contributed by atoms with Gasteiger partial charge in [0.15, 0.2) is 0 Å². The van der Waals surface area contributed by atoms with Gasteiger partial charge in [-0.25, -0.2) is 14.4 Å². The highest BCUT2D eigenvalue weighted by atomic mass is 32.2. The van der Waals surface area contributed by atoms with Crippen molar-refractivity contribution in [3.8, 4) is 11.3 Å². The highest BCUT2D eigenvalue weighted by Crippen LogP contribution is 2.34. The second-order valence-electron chi connectivity index (χ2n) is 6.12. The van der Waals surface area contributed by atoms with Gasteiger partial charge in [-0.05, 0) is 55.1 Å². The van der Waals surface area contributed by atoms with Crippen molar-refractivity contribution in [2.45, 2.75) is 24.3 Å². The van der Waals surface area contributed by atoms with E-state index in [9.17, 15) is 9.18 Å². The molecule has 1 saturated heterocycles. The summed E-state index contributed by atoms with van der Waals surface area (Å²) < 4.78 is 18.5. The van der Waals surface area contributed by atoms with E-state index >= 15 is 0 Å². The van der Waals surface area contributed by atoms with Crippen molar-refractivity contribution >= 4 is 39.4 Å². The first kappa shape index (κ1) is 17.4. The fourth-order valence-electron chi connectivity index (χ4n) is 3.01. The summed E-state index contributed by atoms with van der Waals surface area (Å²) in [6.45, 7) is 1.71. The highest BCUT2D eigenvalue weighted by molar-refractivity contribution is 8.00. The molecule has 26 heavy (non-hydrogen) atoms. The number of fused-ring (bicyclic) bond motifs is 1. The van der Waals surface area contributed by atoms with Gasteiger partial charge >= 0.3 is 0 Å². The van der Waals surface area contributed by atoms with Gasteiger partial charge in [-0.2, -0.15) is 4.37 Å². The summed E-state index contributed by atoms with van der Waals surface area (Å²) in [6.07, 6.45) is 4.88.